The van der Waals surface area contributed by atoms with Gasteiger partial charge in [-0.3, -0.25) is 4.79 Å². The highest BCUT2D eigenvalue weighted by Gasteiger charge is 2.49. The van der Waals surface area contributed by atoms with Crippen molar-refractivity contribution >= 4 is 50.0 Å². The van der Waals surface area contributed by atoms with Crippen molar-refractivity contribution in [1.29, 1.82) is 0 Å². The molecule has 2 aromatic rings. The van der Waals surface area contributed by atoms with Crippen molar-refractivity contribution in [3.05, 3.63) is 34.6 Å². The first-order valence-electron chi connectivity index (χ1n) is 7.66. The highest BCUT2D eigenvalue weighted by molar-refractivity contribution is 7.89. The zero-order chi connectivity index (χ0) is 18.4. The van der Waals surface area contributed by atoms with Gasteiger partial charge in [0.15, 0.2) is 0 Å². The third-order valence-electron chi connectivity index (χ3n) is 4.85. The molecule has 0 unspecified atom stereocenters. The van der Waals surface area contributed by atoms with Gasteiger partial charge in [-0.15, -0.1) is 0 Å². The van der Waals surface area contributed by atoms with E-state index in [1.807, 2.05) is 0 Å². The van der Waals surface area contributed by atoms with Gasteiger partial charge in [-0.25, -0.2) is 13.4 Å². The van der Waals surface area contributed by atoms with Crippen LogP contribution in [-0.4, -0.2) is 41.4 Å². The lowest BCUT2D eigenvalue weighted by Crippen LogP contribution is -2.53. The summed E-state index contributed by atoms with van der Waals surface area (Å²) in [6, 6.07) is 4.34. The van der Waals surface area contributed by atoms with Gasteiger partial charge >= 0.3 is 5.97 Å². The second-order valence-electron chi connectivity index (χ2n) is 6.12. The monoisotopic (exact) mass is 402 g/mol. The molecule has 1 fully saturated rings. The molecule has 25 heavy (non-hydrogen) atoms. The van der Waals surface area contributed by atoms with Crippen LogP contribution in [-0.2, 0) is 14.8 Å². The van der Waals surface area contributed by atoms with E-state index in [9.17, 15) is 18.3 Å². The van der Waals surface area contributed by atoms with Crippen LogP contribution in [0.4, 0.5) is 0 Å². The minimum atomic E-state index is -4.02. The number of halogens is 2. The van der Waals surface area contributed by atoms with Crippen molar-refractivity contribution in [3.63, 3.8) is 0 Å². The number of fused-ring (bicyclic) bond motifs is 1. The van der Waals surface area contributed by atoms with E-state index in [1.165, 1.54) is 25.4 Å². The van der Waals surface area contributed by atoms with Gasteiger partial charge in [0.25, 0.3) is 0 Å². The van der Waals surface area contributed by atoms with E-state index >= 15 is 0 Å². The summed E-state index contributed by atoms with van der Waals surface area (Å²) in [6.45, 7) is 0. The maximum Gasteiger partial charge on any atom is 0.325 e. The molecule has 1 aliphatic rings. The molecule has 0 radical (unpaired) electrons. The quantitative estimate of drug-likeness (QED) is 0.789. The molecule has 0 bridgehead atoms. The third-order valence-corrected chi connectivity index (χ3v) is 7.37. The summed E-state index contributed by atoms with van der Waals surface area (Å²) < 4.78 is 27.0. The van der Waals surface area contributed by atoms with Gasteiger partial charge in [0.1, 0.15) is 10.7 Å². The van der Waals surface area contributed by atoms with E-state index in [4.69, 9.17) is 23.2 Å². The molecule has 9 heteroatoms. The van der Waals surface area contributed by atoms with E-state index in [1.54, 1.807) is 6.07 Å². The molecule has 0 atom stereocenters. The maximum atomic E-state index is 13.0. The molecule has 1 heterocycles. The van der Waals surface area contributed by atoms with Crippen molar-refractivity contribution in [3.8, 4) is 0 Å². The smallest absolute Gasteiger partial charge is 0.325 e. The standard InChI is InChI=1S/C16H16Cl2N2O4S/c1-20(16(15(21)22)6-2-3-7-16)25(23,24)10-4-5-11-12(8-10)14(18)19-9-13(11)17/h4-5,8-9H,2-3,6-7H2,1H3,(H,21,22). The Hall–Kier alpha value is -1.41. The fourth-order valence-corrected chi connectivity index (χ4v) is 5.29. The lowest BCUT2D eigenvalue weighted by molar-refractivity contribution is -0.147. The number of rotatable bonds is 4. The predicted molar refractivity (Wildman–Crippen MR) is 95.5 cm³/mol. The van der Waals surface area contributed by atoms with E-state index < -0.39 is 21.5 Å². The number of sulfonamides is 1. The number of aromatic nitrogens is 1. The van der Waals surface area contributed by atoms with Crippen molar-refractivity contribution in [2.45, 2.75) is 36.1 Å². The van der Waals surface area contributed by atoms with Gasteiger partial charge < -0.3 is 5.11 Å². The molecule has 134 valence electrons. The van der Waals surface area contributed by atoms with Crippen LogP contribution < -0.4 is 0 Å². The number of carbonyl (C=O) groups is 1. The average molecular weight is 403 g/mol. The summed E-state index contributed by atoms with van der Waals surface area (Å²) in [5.41, 5.74) is -1.41. The molecular weight excluding hydrogens is 387 g/mol. The Bertz CT molecular complexity index is 956. The number of carboxylic acid groups (broad SMARTS) is 1. The van der Waals surface area contributed by atoms with E-state index in [0.717, 1.165) is 4.31 Å². The summed E-state index contributed by atoms with van der Waals surface area (Å²) in [6.07, 6.45) is 3.33. The van der Waals surface area contributed by atoms with E-state index in [-0.39, 0.29) is 10.0 Å². The Morgan fingerprint density at radius 3 is 2.48 bits per heavy atom. The molecule has 0 aliphatic heterocycles. The molecule has 1 aromatic heterocycles. The first kappa shape index (κ1) is 18.4. The molecule has 1 aromatic carbocycles. The topological polar surface area (TPSA) is 87.6 Å². The lowest BCUT2D eigenvalue weighted by Gasteiger charge is -2.33. The lowest BCUT2D eigenvalue weighted by atomic mass is 9.98. The minimum absolute atomic E-state index is 0.0407. The third kappa shape index (κ3) is 2.89. The largest absolute Gasteiger partial charge is 0.480 e. The van der Waals surface area contributed by atoms with Crippen molar-refractivity contribution in [2.24, 2.45) is 0 Å². The first-order chi connectivity index (χ1) is 11.7. The number of benzene rings is 1. The number of hydrogen-bond acceptors (Lipinski definition) is 4. The number of carboxylic acids is 1. The molecule has 1 aliphatic carbocycles. The fraction of sp³-hybridized carbons (Fsp3) is 0.375. The van der Waals surface area contributed by atoms with Gasteiger partial charge in [-0.1, -0.05) is 42.1 Å². The van der Waals surface area contributed by atoms with Crippen LogP contribution in [0.2, 0.25) is 10.2 Å². The Morgan fingerprint density at radius 1 is 1.24 bits per heavy atom. The SMILES string of the molecule is CN(C1(C(=O)O)CCCC1)S(=O)(=O)c1ccc2c(Cl)cnc(Cl)c2c1. The van der Waals surface area contributed by atoms with Gasteiger partial charge in [-0.05, 0) is 25.0 Å². The van der Waals surface area contributed by atoms with Crippen LogP contribution in [0.25, 0.3) is 10.8 Å². The van der Waals surface area contributed by atoms with Crippen molar-refractivity contribution in [2.75, 3.05) is 7.05 Å². The average Bonchev–Trinajstić information content (AvgIpc) is 3.08. The molecule has 3 rings (SSSR count). The van der Waals surface area contributed by atoms with Crippen molar-refractivity contribution < 1.29 is 18.3 Å². The second kappa shape index (κ2) is 6.39. The summed E-state index contributed by atoms with van der Waals surface area (Å²) in [5.74, 6) is -1.13. The highest BCUT2D eigenvalue weighted by atomic mass is 35.5. The van der Waals surface area contributed by atoms with Gasteiger partial charge in [0, 0.05) is 24.0 Å². The maximum absolute atomic E-state index is 13.0. The number of nitrogens with zero attached hydrogens (tertiary/aromatic N) is 2. The summed E-state index contributed by atoms with van der Waals surface area (Å²) in [5, 5.41) is 11.1. The fourth-order valence-electron chi connectivity index (χ4n) is 3.33. The molecule has 1 saturated carbocycles. The van der Waals surface area contributed by atoms with Crippen LogP contribution in [0.1, 0.15) is 25.7 Å². The first-order valence-corrected chi connectivity index (χ1v) is 9.86. The zero-order valence-electron chi connectivity index (χ0n) is 13.4. The molecule has 0 spiro atoms. The van der Waals surface area contributed by atoms with E-state index in [0.29, 0.717) is 41.5 Å². The van der Waals surface area contributed by atoms with Gasteiger partial charge in [0.05, 0.1) is 9.92 Å². The minimum Gasteiger partial charge on any atom is -0.480 e. The van der Waals surface area contributed by atoms with Crippen LogP contribution in [0.15, 0.2) is 29.3 Å². The van der Waals surface area contributed by atoms with Crippen LogP contribution in [0, 0.1) is 0 Å². The summed E-state index contributed by atoms with van der Waals surface area (Å²) in [7, 11) is -2.71. The van der Waals surface area contributed by atoms with E-state index in [2.05, 4.69) is 4.98 Å². The molecule has 0 amide bonds. The van der Waals surface area contributed by atoms with Gasteiger partial charge in [0.2, 0.25) is 10.0 Å². The molecule has 6 nitrogen and oxygen atoms in total. The van der Waals surface area contributed by atoms with Gasteiger partial charge in [-0.2, -0.15) is 4.31 Å². The number of aliphatic carboxylic acids is 1. The normalized spacial score (nSPS) is 17.3. The molecule has 1 N–H and O–H groups in total. The Balaban J connectivity index is 2.13. The van der Waals surface area contributed by atoms with Crippen LogP contribution in [0.3, 0.4) is 0 Å². The Morgan fingerprint density at radius 2 is 1.88 bits per heavy atom. The van der Waals surface area contributed by atoms with Crippen LogP contribution >= 0.6 is 23.2 Å². The number of likely N-dealkylation sites (N-methyl/N-ethyl adjacent to an activating group) is 1. The number of hydrogen-bond donors (Lipinski definition) is 1. The summed E-state index contributed by atoms with van der Waals surface area (Å²) in [4.78, 5) is 15.7. The Labute approximate surface area is 155 Å². The number of pyridine rings is 1. The second-order valence-corrected chi connectivity index (χ2v) is 8.86. The summed E-state index contributed by atoms with van der Waals surface area (Å²) >= 11 is 12.1. The molecular formula is C16H16Cl2N2O4S. The van der Waals surface area contributed by atoms with Crippen LogP contribution in [0.5, 0.6) is 0 Å². The predicted octanol–water partition coefficient (Wildman–Crippen LogP) is 3.56. The Kier molecular flexibility index (Phi) is 4.70. The molecule has 0 saturated heterocycles. The zero-order valence-corrected chi connectivity index (χ0v) is 15.7. The van der Waals surface area contributed by atoms with Crippen molar-refractivity contribution in [1.82, 2.24) is 9.29 Å². The highest BCUT2D eigenvalue weighted by Crippen LogP contribution is 2.39.